The Labute approximate surface area is 169 Å². The average molecular weight is 446 g/mol. The van der Waals surface area contributed by atoms with E-state index >= 15 is 0 Å². The number of benzene rings is 1. The number of nitrogens with zero attached hydrogens (tertiary/aromatic N) is 3. The van der Waals surface area contributed by atoms with Crippen molar-refractivity contribution in [1.29, 1.82) is 0 Å². The lowest BCUT2D eigenvalue weighted by Crippen LogP contribution is -2.22. The fraction of sp³-hybridized carbons (Fsp3) is 0.133. The van der Waals surface area contributed by atoms with Gasteiger partial charge in [-0.25, -0.2) is 0 Å². The summed E-state index contributed by atoms with van der Waals surface area (Å²) in [7, 11) is 1.24. The molecule has 1 amide bonds. The Morgan fingerprint density at radius 1 is 1.30 bits per heavy atom. The summed E-state index contributed by atoms with van der Waals surface area (Å²) >= 11 is 14.1. The number of carbonyl (C=O) groups excluding carboxylic acids is 2. The highest BCUT2D eigenvalue weighted by Gasteiger charge is 2.18. The van der Waals surface area contributed by atoms with Crippen LogP contribution in [-0.4, -0.2) is 28.5 Å². The van der Waals surface area contributed by atoms with E-state index in [4.69, 9.17) is 23.2 Å². The van der Waals surface area contributed by atoms with Crippen LogP contribution in [-0.2, 0) is 16.1 Å². The normalized spacial score (nSPS) is 11.7. The molecule has 0 atom stereocenters. The first-order valence-electron chi connectivity index (χ1n) is 7.18. The second-order valence-corrected chi connectivity index (χ2v) is 8.01. The lowest BCUT2D eigenvalue weighted by molar-refractivity contribution is -0.380. The molecule has 0 unspecified atom stereocenters. The number of methoxy groups -OCH3 is 1. The lowest BCUT2D eigenvalue weighted by Gasteiger charge is -2.05. The number of aromatic nitrogens is 1. The number of ether oxygens (including phenoxy) is 1. The maximum Gasteiger partial charge on any atom is 0.325 e. The standard InChI is InChI=1S/C15H9Cl2N3O5S2/c1-25-12(21)6-19-13-8(17)4-7(16)5-10(13)27-15(19)18-14(22)9-2-3-11(26-9)20(23)24/h2-5H,6H2,1H3. The summed E-state index contributed by atoms with van der Waals surface area (Å²) in [4.78, 5) is 38.7. The van der Waals surface area contributed by atoms with Crippen LogP contribution in [0.25, 0.3) is 10.2 Å². The third kappa shape index (κ3) is 4.03. The summed E-state index contributed by atoms with van der Waals surface area (Å²) < 4.78 is 6.76. The molecule has 8 nitrogen and oxygen atoms in total. The molecule has 0 N–H and O–H groups in total. The third-order valence-electron chi connectivity index (χ3n) is 3.39. The molecule has 0 spiro atoms. The minimum absolute atomic E-state index is 0.105. The Hall–Kier alpha value is -2.27. The first-order valence-corrected chi connectivity index (χ1v) is 9.57. The highest BCUT2D eigenvalue weighted by Crippen LogP contribution is 2.30. The van der Waals surface area contributed by atoms with Gasteiger partial charge in [0.2, 0.25) is 0 Å². The zero-order chi connectivity index (χ0) is 19.7. The van der Waals surface area contributed by atoms with Gasteiger partial charge in [0.1, 0.15) is 11.4 Å². The zero-order valence-corrected chi connectivity index (χ0v) is 16.6. The van der Waals surface area contributed by atoms with Crippen molar-refractivity contribution in [3.63, 3.8) is 0 Å². The smallest absolute Gasteiger partial charge is 0.325 e. The zero-order valence-electron chi connectivity index (χ0n) is 13.5. The van der Waals surface area contributed by atoms with Gasteiger partial charge in [0.05, 0.1) is 27.3 Å². The van der Waals surface area contributed by atoms with Gasteiger partial charge in [-0.2, -0.15) is 4.99 Å². The van der Waals surface area contributed by atoms with Crippen LogP contribution in [0.1, 0.15) is 9.67 Å². The van der Waals surface area contributed by atoms with Gasteiger partial charge >= 0.3 is 11.0 Å². The number of halogens is 2. The molecular weight excluding hydrogens is 437 g/mol. The molecule has 0 aliphatic carbocycles. The first-order chi connectivity index (χ1) is 12.8. The van der Waals surface area contributed by atoms with Gasteiger partial charge in [0, 0.05) is 11.1 Å². The number of hydrogen-bond donors (Lipinski definition) is 0. The molecule has 0 aliphatic rings. The van der Waals surface area contributed by atoms with Crippen LogP contribution in [0.15, 0.2) is 29.3 Å². The maximum absolute atomic E-state index is 12.4. The number of fused-ring (bicyclic) bond motifs is 1. The maximum atomic E-state index is 12.4. The van der Waals surface area contributed by atoms with Gasteiger partial charge < -0.3 is 9.30 Å². The van der Waals surface area contributed by atoms with Gasteiger partial charge in [-0.3, -0.25) is 19.7 Å². The third-order valence-corrected chi connectivity index (χ3v) is 5.95. The second-order valence-electron chi connectivity index (χ2n) is 5.09. The van der Waals surface area contributed by atoms with Crippen LogP contribution < -0.4 is 4.80 Å². The van der Waals surface area contributed by atoms with Crippen molar-refractivity contribution in [2.75, 3.05) is 7.11 Å². The minimum atomic E-state index is -0.666. The topological polar surface area (TPSA) is 104 Å². The van der Waals surface area contributed by atoms with Crippen LogP contribution in [0, 0.1) is 10.1 Å². The Kier molecular flexibility index (Phi) is 5.61. The number of thiazole rings is 1. The van der Waals surface area contributed by atoms with Crippen LogP contribution >= 0.6 is 45.9 Å². The molecule has 12 heteroatoms. The Morgan fingerprint density at radius 3 is 2.67 bits per heavy atom. The van der Waals surface area contributed by atoms with E-state index in [9.17, 15) is 19.7 Å². The number of thiophene rings is 1. The number of esters is 1. The predicted octanol–water partition coefficient (Wildman–Crippen LogP) is 3.89. The number of nitro groups is 1. The van der Waals surface area contributed by atoms with Crippen molar-refractivity contribution in [3.05, 3.63) is 54.1 Å². The van der Waals surface area contributed by atoms with Crippen molar-refractivity contribution >= 4 is 73.0 Å². The lowest BCUT2D eigenvalue weighted by atomic mass is 10.3. The van der Waals surface area contributed by atoms with Gasteiger partial charge in [-0.1, -0.05) is 45.9 Å². The van der Waals surface area contributed by atoms with E-state index in [-0.39, 0.29) is 21.2 Å². The molecule has 0 saturated carbocycles. The van der Waals surface area contributed by atoms with Crippen LogP contribution in [0.3, 0.4) is 0 Å². The molecule has 0 saturated heterocycles. The number of rotatable bonds is 4. The van der Waals surface area contributed by atoms with Gasteiger partial charge in [0.25, 0.3) is 5.91 Å². The van der Waals surface area contributed by atoms with Crippen LogP contribution in [0.4, 0.5) is 5.00 Å². The number of carbonyl (C=O) groups is 2. The van der Waals surface area contributed by atoms with E-state index in [1.165, 1.54) is 29.9 Å². The predicted molar refractivity (Wildman–Crippen MR) is 103 cm³/mol. The Bertz CT molecular complexity index is 1150. The SMILES string of the molecule is COC(=O)Cn1c(=NC(=O)c2ccc([N+](=O)[O-])s2)sc2cc(Cl)cc(Cl)c21. The van der Waals surface area contributed by atoms with Crippen molar-refractivity contribution in [3.8, 4) is 0 Å². The summed E-state index contributed by atoms with van der Waals surface area (Å²) in [5, 5.41) is 11.3. The molecule has 140 valence electrons. The molecule has 0 aliphatic heterocycles. The van der Waals surface area contributed by atoms with Crippen LogP contribution in [0.2, 0.25) is 10.0 Å². The number of hydrogen-bond acceptors (Lipinski definition) is 7. The monoisotopic (exact) mass is 445 g/mol. The molecule has 3 aromatic rings. The molecule has 1 aromatic carbocycles. The van der Waals surface area contributed by atoms with E-state index < -0.39 is 16.8 Å². The van der Waals surface area contributed by atoms with Gasteiger partial charge in [-0.15, -0.1) is 0 Å². The highest BCUT2D eigenvalue weighted by atomic mass is 35.5. The quantitative estimate of drug-likeness (QED) is 0.344. The van der Waals surface area contributed by atoms with Gasteiger partial charge in [-0.05, 0) is 18.2 Å². The summed E-state index contributed by atoms with van der Waals surface area (Å²) in [5.74, 6) is -1.22. The number of amides is 1. The largest absolute Gasteiger partial charge is 0.468 e. The van der Waals surface area contributed by atoms with E-state index in [0.717, 1.165) is 22.7 Å². The average Bonchev–Trinajstić information content (AvgIpc) is 3.20. The molecule has 0 fully saturated rings. The fourth-order valence-corrected chi connectivity index (χ4v) is 4.75. The molecule has 0 bridgehead atoms. The molecule has 2 aromatic heterocycles. The molecule has 2 heterocycles. The summed E-state index contributed by atoms with van der Waals surface area (Å²) in [6, 6.07) is 5.72. The summed E-state index contributed by atoms with van der Waals surface area (Å²) in [5.41, 5.74) is 0.486. The van der Waals surface area contributed by atoms with Crippen LogP contribution in [0.5, 0.6) is 0 Å². The van der Waals surface area contributed by atoms with Crippen molar-refractivity contribution in [2.24, 2.45) is 4.99 Å². The Balaban J connectivity index is 2.16. The molecule has 0 radical (unpaired) electrons. The fourth-order valence-electron chi connectivity index (χ4n) is 2.24. The highest BCUT2D eigenvalue weighted by molar-refractivity contribution is 7.17. The minimum Gasteiger partial charge on any atom is -0.468 e. The summed E-state index contributed by atoms with van der Waals surface area (Å²) in [6.45, 7) is -0.214. The second kappa shape index (κ2) is 7.77. The molecule has 3 rings (SSSR count). The van der Waals surface area contributed by atoms with E-state index in [1.54, 1.807) is 6.07 Å². The summed E-state index contributed by atoms with van der Waals surface area (Å²) in [6.07, 6.45) is 0. The van der Waals surface area contributed by atoms with Crippen molar-refractivity contribution in [2.45, 2.75) is 6.54 Å². The first kappa shape index (κ1) is 19.5. The van der Waals surface area contributed by atoms with E-state index in [1.807, 2.05) is 0 Å². The van der Waals surface area contributed by atoms with Crippen molar-refractivity contribution < 1.29 is 19.2 Å². The Morgan fingerprint density at radius 2 is 2.04 bits per heavy atom. The molecular formula is C15H9Cl2N3O5S2. The van der Waals surface area contributed by atoms with Crippen molar-refractivity contribution in [1.82, 2.24) is 4.57 Å². The van der Waals surface area contributed by atoms with E-state index in [2.05, 4.69) is 9.73 Å². The van der Waals surface area contributed by atoms with Gasteiger partial charge in [0.15, 0.2) is 4.80 Å². The molecule has 27 heavy (non-hydrogen) atoms. The van der Waals surface area contributed by atoms with E-state index in [0.29, 0.717) is 20.3 Å².